The Labute approximate surface area is 121 Å². The number of rotatable bonds is 7. The third-order valence-electron chi connectivity index (χ3n) is 2.87. The van der Waals surface area contributed by atoms with Crippen LogP contribution in [0, 0.1) is 5.92 Å². The first-order valence-corrected chi connectivity index (χ1v) is 7.38. The lowest BCUT2D eigenvalue weighted by atomic mass is 10.0. The zero-order valence-corrected chi connectivity index (χ0v) is 12.6. The predicted octanol–water partition coefficient (Wildman–Crippen LogP) is 3.41. The molecule has 0 aliphatic heterocycles. The molecule has 2 unspecified atom stereocenters. The molecule has 0 saturated carbocycles. The van der Waals surface area contributed by atoms with Crippen molar-refractivity contribution >= 4 is 34.8 Å². The molecule has 1 amide bonds. The first-order valence-electron chi connectivity index (χ1n) is 6.19. The number of thiophene rings is 1. The van der Waals surface area contributed by atoms with E-state index in [-0.39, 0.29) is 17.9 Å². The minimum Gasteiger partial charge on any atom is -0.481 e. The lowest BCUT2D eigenvalue weighted by Gasteiger charge is -2.13. The van der Waals surface area contributed by atoms with Gasteiger partial charge in [-0.15, -0.1) is 11.3 Å². The molecule has 0 aromatic carbocycles. The quantitative estimate of drug-likeness (QED) is 0.811. The molecule has 0 saturated heterocycles. The third-order valence-corrected chi connectivity index (χ3v) is 4.10. The van der Waals surface area contributed by atoms with Gasteiger partial charge in [0, 0.05) is 6.04 Å². The summed E-state index contributed by atoms with van der Waals surface area (Å²) in [5, 5.41) is 11.6. The lowest BCUT2D eigenvalue weighted by Crippen LogP contribution is -2.32. The maximum atomic E-state index is 11.8. The van der Waals surface area contributed by atoms with Crippen molar-refractivity contribution in [2.75, 3.05) is 0 Å². The van der Waals surface area contributed by atoms with Gasteiger partial charge < -0.3 is 10.4 Å². The number of halogens is 1. The van der Waals surface area contributed by atoms with Gasteiger partial charge in [-0.3, -0.25) is 9.59 Å². The molecule has 1 heterocycles. The molecule has 0 fully saturated rings. The van der Waals surface area contributed by atoms with E-state index in [4.69, 9.17) is 16.7 Å². The molecule has 106 valence electrons. The van der Waals surface area contributed by atoms with Crippen LogP contribution in [0.4, 0.5) is 0 Å². The molecule has 4 nitrogen and oxygen atoms in total. The van der Waals surface area contributed by atoms with Crippen molar-refractivity contribution in [3.63, 3.8) is 0 Å². The summed E-state index contributed by atoms with van der Waals surface area (Å²) in [6.07, 6.45) is 2.17. The Balaban J connectivity index is 2.29. The number of hydrogen-bond donors (Lipinski definition) is 2. The highest BCUT2D eigenvalue weighted by Gasteiger charge is 2.14. The summed E-state index contributed by atoms with van der Waals surface area (Å²) in [4.78, 5) is 23.1. The molecule has 0 aliphatic rings. The maximum Gasteiger partial charge on any atom is 0.306 e. The molecular formula is C13H18ClNO3S. The number of aliphatic carboxylic acids is 1. The molecule has 1 rings (SSSR count). The van der Waals surface area contributed by atoms with Crippen LogP contribution in [0.5, 0.6) is 0 Å². The minimum atomic E-state index is -0.773. The summed E-state index contributed by atoms with van der Waals surface area (Å²) < 4.78 is 0.591. The molecule has 1 aromatic heterocycles. The lowest BCUT2D eigenvalue weighted by molar-refractivity contribution is -0.141. The van der Waals surface area contributed by atoms with Crippen molar-refractivity contribution < 1.29 is 14.7 Å². The Morgan fingerprint density at radius 1 is 1.37 bits per heavy atom. The van der Waals surface area contributed by atoms with Gasteiger partial charge in [0.15, 0.2) is 0 Å². The molecule has 1 aromatic rings. The first kappa shape index (κ1) is 16.0. The zero-order valence-electron chi connectivity index (χ0n) is 11.0. The summed E-state index contributed by atoms with van der Waals surface area (Å²) in [5.74, 6) is -1.24. The van der Waals surface area contributed by atoms with Crippen LogP contribution in [0.1, 0.15) is 42.8 Å². The fourth-order valence-corrected chi connectivity index (χ4v) is 2.60. The Morgan fingerprint density at radius 2 is 2.05 bits per heavy atom. The smallest absolute Gasteiger partial charge is 0.306 e. The number of carbonyl (C=O) groups is 2. The highest BCUT2D eigenvalue weighted by atomic mass is 35.5. The number of hydrogen-bond acceptors (Lipinski definition) is 3. The molecular weight excluding hydrogens is 286 g/mol. The summed E-state index contributed by atoms with van der Waals surface area (Å²) in [6.45, 7) is 3.61. The Hall–Kier alpha value is -1.07. The molecule has 0 spiro atoms. The van der Waals surface area contributed by atoms with E-state index in [2.05, 4.69) is 5.32 Å². The Kier molecular flexibility index (Phi) is 6.31. The summed E-state index contributed by atoms with van der Waals surface area (Å²) in [7, 11) is 0. The molecule has 6 heteroatoms. The van der Waals surface area contributed by atoms with Crippen LogP contribution in [0.15, 0.2) is 12.1 Å². The fourth-order valence-electron chi connectivity index (χ4n) is 1.66. The SMILES string of the molecule is CC(CCCC(C)C(=O)O)NC(=O)c1ccc(Cl)s1. The van der Waals surface area contributed by atoms with Crippen LogP contribution < -0.4 is 5.32 Å². The number of carboxylic acid groups (broad SMARTS) is 1. The molecule has 2 N–H and O–H groups in total. The van der Waals surface area contributed by atoms with Gasteiger partial charge in [-0.25, -0.2) is 0 Å². The van der Waals surface area contributed by atoms with E-state index in [0.717, 1.165) is 12.8 Å². The van der Waals surface area contributed by atoms with Crippen LogP contribution in [0.2, 0.25) is 4.34 Å². The van der Waals surface area contributed by atoms with E-state index in [1.54, 1.807) is 19.1 Å². The predicted molar refractivity (Wildman–Crippen MR) is 76.9 cm³/mol. The van der Waals surface area contributed by atoms with E-state index in [9.17, 15) is 9.59 Å². The number of carbonyl (C=O) groups excluding carboxylic acids is 1. The maximum absolute atomic E-state index is 11.8. The third kappa shape index (κ3) is 5.61. The van der Waals surface area contributed by atoms with Crippen LogP contribution in [-0.2, 0) is 4.79 Å². The van der Waals surface area contributed by atoms with E-state index in [1.165, 1.54) is 11.3 Å². The first-order chi connectivity index (χ1) is 8.90. The van der Waals surface area contributed by atoms with Gasteiger partial charge in [0.2, 0.25) is 0 Å². The van der Waals surface area contributed by atoms with Gasteiger partial charge in [-0.2, -0.15) is 0 Å². The standard InChI is InChI=1S/C13H18ClNO3S/c1-8(13(17)18)4-3-5-9(2)15-12(16)10-6-7-11(14)19-10/h6-9H,3-5H2,1-2H3,(H,15,16)(H,17,18). The second kappa shape index (κ2) is 7.50. The fraction of sp³-hybridized carbons (Fsp3) is 0.538. The van der Waals surface area contributed by atoms with Gasteiger partial charge in [-0.1, -0.05) is 24.9 Å². The van der Waals surface area contributed by atoms with E-state index in [1.807, 2.05) is 6.92 Å². The minimum absolute atomic E-state index is 0.0226. The number of nitrogens with one attached hydrogen (secondary N) is 1. The Morgan fingerprint density at radius 3 is 2.58 bits per heavy atom. The van der Waals surface area contributed by atoms with Crippen molar-refractivity contribution in [3.05, 3.63) is 21.3 Å². The average molecular weight is 304 g/mol. The largest absolute Gasteiger partial charge is 0.481 e. The second-order valence-corrected chi connectivity index (χ2v) is 6.36. The molecule has 19 heavy (non-hydrogen) atoms. The normalized spacial score (nSPS) is 13.8. The van der Waals surface area contributed by atoms with E-state index in [0.29, 0.717) is 15.6 Å². The van der Waals surface area contributed by atoms with E-state index >= 15 is 0 Å². The highest BCUT2D eigenvalue weighted by molar-refractivity contribution is 7.17. The summed E-state index contributed by atoms with van der Waals surface area (Å²) in [5.41, 5.74) is 0. The van der Waals surface area contributed by atoms with Gasteiger partial charge in [0.1, 0.15) is 0 Å². The summed E-state index contributed by atoms with van der Waals surface area (Å²) >= 11 is 7.02. The average Bonchev–Trinajstić information content (AvgIpc) is 2.75. The van der Waals surface area contributed by atoms with Gasteiger partial charge in [0.25, 0.3) is 5.91 Å². The van der Waals surface area contributed by atoms with Crippen LogP contribution >= 0.6 is 22.9 Å². The number of amides is 1. The van der Waals surface area contributed by atoms with Crippen LogP contribution in [0.25, 0.3) is 0 Å². The Bertz CT molecular complexity index is 447. The van der Waals surface area contributed by atoms with Gasteiger partial charge in [0.05, 0.1) is 15.1 Å². The van der Waals surface area contributed by atoms with Crippen molar-refractivity contribution in [3.8, 4) is 0 Å². The molecule has 0 radical (unpaired) electrons. The topological polar surface area (TPSA) is 66.4 Å². The van der Waals surface area contributed by atoms with Crippen molar-refractivity contribution in [2.24, 2.45) is 5.92 Å². The summed E-state index contributed by atoms with van der Waals surface area (Å²) in [6, 6.07) is 3.41. The van der Waals surface area contributed by atoms with Crippen molar-refractivity contribution in [2.45, 2.75) is 39.2 Å². The van der Waals surface area contributed by atoms with Crippen LogP contribution in [0.3, 0.4) is 0 Å². The van der Waals surface area contributed by atoms with Crippen molar-refractivity contribution in [1.29, 1.82) is 0 Å². The van der Waals surface area contributed by atoms with Crippen LogP contribution in [-0.4, -0.2) is 23.0 Å². The van der Waals surface area contributed by atoms with Crippen molar-refractivity contribution in [1.82, 2.24) is 5.32 Å². The van der Waals surface area contributed by atoms with E-state index < -0.39 is 5.97 Å². The zero-order chi connectivity index (χ0) is 14.4. The number of carboxylic acids is 1. The second-order valence-electron chi connectivity index (χ2n) is 4.65. The van der Waals surface area contributed by atoms with Gasteiger partial charge >= 0.3 is 5.97 Å². The highest BCUT2D eigenvalue weighted by Crippen LogP contribution is 2.21. The monoisotopic (exact) mass is 303 g/mol. The molecule has 0 bridgehead atoms. The van der Waals surface area contributed by atoms with Gasteiger partial charge in [-0.05, 0) is 31.9 Å². The molecule has 0 aliphatic carbocycles. The molecule has 2 atom stereocenters.